The van der Waals surface area contributed by atoms with Crippen molar-refractivity contribution in [3.63, 3.8) is 0 Å². The van der Waals surface area contributed by atoms with Gasteiger partial charge in [-0.25, -0.2) is 4.79 Å². The summed E-state index contributed by atoms with van der Waals surface area (Å²) in [6.45, 7) is 2.48. The molecule has 3 N–H and O–H groups in total. The fraction of sp³-hybridized carbons (Fsp3) is 0.857. The first kappa shape index (κ1) is 16.8. The maximum Gasteiger partial charge on any atom is 0.314 e. The highest BCUT2D eigenvalue weighted by Crippen LogP contribution is 2.13. The molecule has 0 aliphatic carbocycles. The Hall–Kier alpha value is -1.30. The van der Waals surface area contributed by atoms with Gasteiger partial charge < -0.3 is 20.6 Å². The van der Waals surface area contributed by atoms with Crippen LogP contribution in [0.5, 0.6) is 0 Å². The van der Waals surface area contributed by atoms with Gasteiger partial charge in [0.25, 0.3) is 0 Å². The van der Waals surface area contributed by atoms with Crippen LogP contribution in [0.4, 0.5) is 4.79 Å². The van der Waals surface area contributed by atoms with Crippen LogP contribution in [0.3, 0.4) is 0 Å². The van der Waals surface area contributed by atoms with Gasteiger partial charge in [0.15, 0.2) is 0 Å². The molecule has 20 heavy (non-hydrogen) atoms. The molecule has 1 rings (SSSR count). The van der Waals surface area contributed by atoms with Crippen molar-refractivity contribution >= 4 is 12.0 Å². The van der Waals surface area contributed by atoms with Gasteiger partial charge in [-0.3, -0.25) is 4.79 Å². The summed E-state index contributed by atoms with van der Waals surface area (Å²) in [5.41, 5.74) is 0. The molecular formula is C14H27N3O3. The van der Waals surface area contributed by atoms with Crippen molar-refractivity contribution in [2.75, 3.05) is 26.7 Å². The third kappa shape index (κ3) is 7.33. The van der Waals surface area contributed by atoms with Gasteiger partial charge in [0.1, 0.15) is 0 Å². The number of nitrogens with zero attached hydrogens (tertiary/aromatic N) is 1. The number of likely N-dealkylation sites (tertiary alicyclic amines) is 1. The number of unbranched alkanes of at least 4 members (excludes halogenated alkanes) is 3. The normalized spacial score (nSPS) is 18.9. The number of carbonyl (C=O) groups is 2. The highest BCUT2D eigenvalue weighted by molar-refractivity contribution is 5.73. The first-order valence-corrected chi connectivity index (χ1v) is 7.53. The lowest BCUT2D eigenvalue weighted by Crippen LogP contribution is -2.43. The molecule has 116 valence electrons. The molecule has 1 fully saturated rings. The van der Waals surface area contributed by atoms with Gasteiger partial charge in [-0.15, -0.1) is 0 Å². The zero-order valence-electron chi connectivity index (χ0n) is 12.4. The zero-order chi connectivity index (χ0) is 14.8. The van der Waals surface area contributed by atoms with Crippen LogP contribution in [-0.2, 0) is 4.79 Å². The van der Waals surface area contributed by atoms with Crippen LogP contribution in [0.2, 0.25) is 0 Å². The number of urea groups is 1. The molecule has 0 aromatic carbocycles. The van der Waals surface area contributed by atoms with Gasteiger partial charge in [0.05, 0.1) is 0 Å². The van der Waals surface area contributed by atoms with E-state index < -0.39 is 5.97 Å². The molecule has 1 heterocycles. The molecule has 1 atom stereocenters. The maximum atomic E-state index is 11.6. The standard InChI is InChI=1S/C14H27N3O3/c1-17-10-6-7-12(17)11-16-14(20)15-9-5-3-2-4-8-13(18)19/h12H,2-11H2,1H3,(H,18,19)(H2,15,16,20). The number of amides is 2. The van der Waals surface area contributed by atoms with Crippen LogP contribution in [0, 0.1) is 0 Å². The summed E-state index contributed by atoms with van der Waals surface area (Å²) in [4.78, 5) is 24.2. The van der Waals surface area contributed by atoms with E-state index in [1.807, 2.05) is 0 Å². The topological polar surface area (TPSA) is 81.7 Å². The van der Waals surface area contributed by atoms with Crippen LogP contribution in [0.15, 0.2) is 0 Å². The Labute approximate surface area is 120 Å². The highest BCUT2D eigenvalue weighted by atomic mass is 16.4. The first-order chi connectivity index (χ1) is 9.59. The Bertz CT molecular complexity index is 310. The highest BCUT2D eigenvalue weighted by Gasteiger charge is 2.20. The van der Waals surface area contributed by atoms with Gasteiger partial charge >= 0.3 is 12.0 Å². The van der Waals surface area contributed by atoms with Crippen molar-refractivity contribution < 1.29 is 14.7 Å². The van der Waals surface area contributed by atoms with Crippen molar-refractivity contribution in [2.45, 2.75) is 51.0 Å². The Morgan fingerprint density at radius 2 is 1.95 bits per heavy atom. The second-order valence-corrected chi connectivity index (χ2v) is 5.47. The van der Waals surface area contributed by atoms with E-state index in [0.29, 0.717) is 19.1 Å². The Morgan fingerprint density at radius 3 is 2.60 bits per heavy atom. The van der Waals surface area contributed by atoms with Gasteiger partial charge in [-0.2, -0.15) is 0 Å². The van der Waals surface area contributed by atoms with Crippen molar-refractivity contribution in [3.05, 3.63) is 0 Å². The van der Waals surface area contributed by atoms with E-state index in [0.717, 1.165) is 38.6 Å². The Morgan fingerprint density at radius 1 is 1.20 bits per heavy atom. The van der Waals surface area contributed by atoms with E-state index in [9.17, 15) is 9.59 Å². The number of nitrogens with one attached hydrogen (secondary N) is 2. The minimum atomic E-state index is -0.737. The van der Waals surface area contributed by atoms with Gasteiger partial charge in [0, 0.05) is 25.6 Å². The quantitative estimate of drug-likeness (QED) is 0.560. The molecule has 1 unspecified atom stereocenters. The predicted octanol–water partition coefficient (Wildman–Crippen LogP) is 1.41. The molecule has 1 aliphatic rings. The Kier molecular flexibility index (Phi) is 8.02. The van der Waals surface area contributed by atoms with E-state index in [1.165, 1.54) is 6.42 Å². The smallest absolute Gasteiger partial charge is 0.314 e. The summed E-state index contributed by atoms with van der Waals surface area (Å²) in [5, 5.41) is 14.2. The lowest BCUT2D eigenvalue weighted by Gasteiger charge is -2.19. The minimum absolute atomic E-state index is 0.101. The number of aliphatic carboxylic acids is 1. The molecule has 2 amide bonds. The fourth-order valence-electron chi connectivity index (χ4n) is 2.47. The van der Waals surface area contributed by atoms with Crippen molar-refractivity contribution in [2.24, 2.45) is 0 Å². The lowest BCUT2D eigenvalue weighted by atomic mass is 10.1. The lowest BCUT2D eigenvalue weighted by molar-refractivity contribution is -0.137. The molecule has 0 aromatic heterocycles. The Balaban J connectivity index is 1.91. The summed E-state index contributed by atoms with van der Waals surface area (Å²) in [6, 6.07) is 0.368. The van der Waals surface area contributed by atoms with Gasteiger partial charge in [-0.1, -0.05) is 12.8 Å². The minimum Gasteiger partial charge on any atom is -0.481 e. The number of carbonyl (C=O) groups excluding carboxylic acids is 1. The number of hydrogen-bond donors (Lipinski definition) is 3. The second-order valence-electron chi connectivity index (χ2n) is 5.47. The van der Waals surface area contributed by atoms with E-state index >= 15 is 0 Å². The van der Waals surface area contributed by atoms with Crippen molar-refractivity contribution in [1.29, 1.82) is 0 Å². The monoisotopic (exact) mass is 285 g/mol. The number of hydrogen-bond acceptors (Lipinski definition) is 3. The van der Waals surface area contributed by atoms with Crippen molar-refractivity contribution in [1.82, 2.24) is 15.5 Å². The third-order valence-electron chi connectivity index (χ3n) is 3.77. The fourth-order valence-corrected chi connectivity index (χ4v) is 2.47. The molecule has 0 radical (unpaired) electrons. The van der Waals surface area contributed by atoms with Gasteiger partial charge in [0.2, 0.25) is 0 Å². The molecular weight excluding hydrogens is 258 g/mol. The number of rotatable bonds is 9. The summed E-state index contributed by atoms with van der Waals surface area (Å²) in [5.74, 6) is -0.737. The van der Waals surface area contributed by atoms with Crippen LogP contribution >= 0.6 is 0 Å². The largest absolute Gasteiger partial charge is 0.481 e. The number of carboxylic acid groups (broad SMARTS) is 1. The summed E-state index contributed by atoms with van der Waals surface area (Å²) >= 11 is 0. The van der Waals surface area contributed by atoms with Crippen LogP contribution in [-0.4, -0.2) is 54.7 Å². The molecule has 0 aromatic rings. The van der Waals surface area contributed by atoms with Crippen molar-refractivity contribution in [3.8, 4) is 0 Å². The van der Waals surface area contributed by atoms with Gasteiger partial charge in [-0.05, 0) is 39.3 Å². The maximum absolute atomic E-state index is 11.6. The second kappa shape index (κ2) is 9.58. The molecule has 0 saturated carbocycles. The van der Waals surface area contributed by atoms with E-state index in [2.05, 4.69) is 22.6 Å². The third-order valence-corrected chi connectivity index (χ3v) is 3.77. The summed E-state index contributed by atoms with van der Waals surface area (Å²) in [7, 11) is 2.09. The molecule has 1 saturated heterocycles. The average molecular weight is 285 g/mol. The van der Waals surface area contributed by atoms with E-state index in [4.69, 9.17) is 5.11 Å². The summed E-state index contributed by atoms with van der Waals surface area (Å²) < 4.78 is 0. The SMILES string of the molecule is CN1CCCC1CNC(=O)NCCCCCCC(=O)O. The number of likely N-dealkylation sites (N-methyl/N-ethyl adjacent to an activating group) is 1. The van der Waals surface area contributed by atoms with Crippen LogP contribution in [0.1, 0.15) is 44.9 Å². The van der Waals surface area contributed by atoms with E-state index in [1.54, 1.807) is 0 Å². The van der Waals surface area contributed by atoms with E-state index in [-0.39, 0.29) is 12.5 Å². The summed E-state index contributed by atoms with van der Waals surface area (Å²) in [6.07, 6.45) is 6.08. The predicted molar refractivity (Wildman–Crippen MR) is 77.8 cm³/mol. The van der Waals surface area contributed by atoms with Crippen LogP contribution < -0.4 is 10.6 Å². The molecule has 0 spiro atoms. The molecule has 0 bridgehead atoms. The number of carboxylic acids is 1. The van der Waals surface area contributed by atoms with Crippen LogP contribution in [0.25, 0.3) is 0 Å². The average Bonchev–Trinajstić information content (AvgIpc) is 2.80. The molecule has 6 nitrogen and oxygen atoms in total. The zero-order valence-corrected chi connectivity index (χ0v) is 12.4. The first-order valence-electron chi connectivity index (χ1n) is 7.53. The molecule has 1 aliphatic heterocycles. The molecule has 6 heteroatoms.